The maximum atomic E-state index is 10.9. The fourth-order valence-corrected chi connectivity index (χ4v) is 4.87. The second-order valence-corrected chi connectivity index (χ2v) is 8.40. The number of thiazole rings is 1. The second kappa shape index (κ2) is 7.96. The molecule has 6 nitrogen and oxygen atoms in total. The quantitative estimate of drug-likeness (QED) is 0.774. The average molecular weight is 387 g/mol. The summed E-state index contributed by atoms with van der Waals surface area (Å²) in [4.78, 5) is 20.8. The van der Waals surface area contributed by atoms with E-state index < -0.39 is 0 Å². The van der Waals surface area contributed by atoms with Crippen LogP contribution in [-0.4, -0.2) is 52.5 Å². The summed E-state index contributed by atoms with van der Waals surface area (Å²) in [6.45, 7) is 6.45. The van der Waals surface area contributed by atoms with Crippen LogP contribution in [0.2, 0.25) is 0 Å². The summed E-state index contributed by atoms with van der Waals surface area (Å²) in [7, 11) is 0. The molecule has 2 N–H and O–H groups in total. The molecule has 1 saturated heterocycles. The number of rotatable bonds is 5. The van der Waals surface area contributed by atoms with Crippen molar-refractivity contribution >= 4 is 28.6 Å². The number of anilines is 2. The number of aliphatic hydroxyl groups is 1. The molecule has 2 aromatic rings. The summed E-state index contributed by atoms with van der Waals surface area (Å²) < 4.78 is 0. The number of aromatic nitrogens is 1. The van der Waals surface area contributed by atoms with Crippen LogP contribution in [-0.2, 0) is 17.8 Å². The molecule has 1 aliphatic heterocycles. The van der Waals surface area contributed by atoms with Gasteiger partial charge in [0.1, 0.15) is 0 Å². The second-order valence-electron chi connectivity index (χ2n) is 7.37. The van der Waals surface area contributed by atoms with Crippen molar-refractivity contribution in [1.82, 2.24) is 14.8 Å². The highest BCUT2D eigenvalue weighted by atomic mass is 32.1. The zero-order chi connectivity index (χ0) is 18.8. The van der Waals surface area contributed by atoms with E-state index in [1.807, 2.05) is 4.90 Å². The number of piperazine rings is 1. The Balaban J connectivity index is 1.47. The number of aryl methyl sites for hydroxylation is 1. The largest absolute Gasteiger partial charge is 0.388 e. The third-order valence-electron chi connectivity index (χ3n) is 5.56. The molecular weight excluding hydrogens is 360 g/mol. The first-order valence-electron chi connectivity index (χ1n) is 9.59. The van der Waals surface area contributed by atoms with Gasteiger partial charge in [0.25, 0.3) is 0 Å². The normalized spacial score (nSPS) is 20.4. The summed E-state index contributed by atoms with van der Waals surface area (Å²) >= 11 is 1.57. The minimum atomic E-state index is -0.362. The summed E-state index contributed by atoms with van der Waals surface area (Å²) in [5.41, 5.74) is 4.63. The van der Waals surface area contributed by atoms with Gasteiger partial charge in [0, 0.05) is 38.4 Å². The van der Waals surface area contributed by atoms with Crippen LogP contribution in [0.5, 0.6) is 0 Å². The summed E-state index contributed by atoms with van der Waals surface area (Å²) in [5.74, 6) is 0. The zero-order valence-corrected chi connectivity index (χ0v) is 16.5. The molecule has 1 aromatic carbocycles. The van der Waals surface area contributed by atoms with Crippen LogP contribution < -0.4 is 5.32 Å². The number of fused-ring (bicyclic) bond motifs is 1. The van der Waals surface area contributed by atoms with E-state index in [-0.39, 0.29) is 6.10 Å². The number of nitrogens with one attached hydrogen (secondary N) is 1. The maximum Gasteiger partial charge on any atom is 0.209 e. The van der Waals surface area contributed by atoms with Gasteiger partial charge in [-0.1, -0.05) is 23.5 Å². The van der Waals surface area contributed by atoms with Crippen LogP contribution in [0.1, 0.15) is 40.6 Å². The van der Waals surface area contributed by atoms with Crippen molar-refractivity contribution in [2.45, 2.75) is 38.8 Å². The van der Waals surface area contributed by atoms with Gasteiger partial charge in [-0.2, -0.15) is 0 Å². The average Bonchev–Trinajstić information content (AvgIpc) is 3.10. The monoisotopic (exact) mass is 386 g/mol. The highest BCUT2D eigenvalue weighted by molar-refractivity contribution is 7.15. The Morgan fingerprint density at radius 2 is 2.15 bits per heavy atom. The van der Waals surface area contributed by atoms with Gasteiger partial charge in [-0.15, -0.1) is 0 Å². The lowest BCUT2D eigenvalue weighted by molar-refractivity contribution is -0.119. The molecule has 0 bridgehead atoms. The molecule has 0 saturated carbocycles. The Hall–Kier alpha value is -1.96. The zero-order valence-electron chi connectivity index (χ0n) is 15.6. The number of carbonyl (C=O) groups excluding carboxylic acids is 1. The van der Waals surface area contributed by atoms with Crippen molar-refractivity contribution < 1.29 is 9.90 Å². The van der Waals surface area contributed by atoms with Crippen LogP contribution in [0.25, 0.3) is 0 Å². The minimum absolute atomic E-state index is 0.362. The van der Waals surface area contributed by atoms with Crippen molar-refractivity contribution in [3.8, 4) is 0 Å². The summed E-state index contributed by atoms with van der Waals surface area (Å²) in [5, 5.41) is 14.5. The SMILES string of the molecule is Cc1c(CN2CCN(C=O)CC2)cccc1Nc1nc2c(s1)C(O)CCC2. The van der Waals surface area contributed by atoms with Crippen molar-refractivity contribution in [2.75, 3.05) is 31.5 Å². The molecule has 7 heteroatoms. The standard InChI is InChI=1S/C20H26N4O2S/c1-14-15(12-23-8-10-24(13-25)11-9-23)4-2-5-16(14)21-20-22-17-6-3-7-18(26)19(17)27-20/h2,4-5,13,18,26H,3,6-12H2,1H3,(H,21,22). The molecule has 1 aliphatic carbocycles. The first kappa shape index (κ1) is 18.4. The van der Waals surface area contributed by atoms with Crippen LogP contribution in [0.3, 0.4) is 0 Å². The van der Waals surface area contributed by atoms with Gasteiger partial charge in [0.2, 0.25) is 6.41 Å². The molecule has 1 aromatic heterocycles. The fourth-order valence-electron chi connectivity index (χ4n) is 3.82. The number of aliphatic hydroxyl groups excluding tert-OH is 1. The number of hydrogen-bond donors (Lipinski definition) is 2. The number of hydrogen-bond acceptors (Lipinski definition) is 6. The van der Waals surface area contributed by atoms with Gasteiger partial charge >= 0.3 is 0 Å². The van der Waals surface area contributed by atoms with E-state index in [1.54, 1.807) is 11.3 Å². The Kier molecular flexibility index (Phi) is 5.43. The van der Waals surface area contributed by atoms with Gasteiger partial charge < -0.3 is 15.3 Å². The van der Waals surface area contributed by atoms with Crippen LogP contribution in [0.4, 0.5) is 10.8 Å². The van der Waals surface area contributed by atoms with Crippen molar-refractivity contribution in [2.24, 2.45) is 0 Å². The van der Waals surface area contributed by atoms with Crippen molar-refractivity contribution in [3.63, 3.8) is 0 Å². The lowest BCUT2D eigenvalue weighted by Crippen LogP contribution is -2.45. The maximum absolute atomic E-state index is 10.9. The highest BCUT2D eigenvalue weighted by Crippen LogP contribution is 2.37. The summed E-state index contributed by atoms with van der Waals surface area (Å²) in [6, 6.07) is 6.33. The van der Waals surface area contributed by atoms with Gasteiger partial charge in [-0.05, 0) is 43.4 Å². The van der Waals surface area contributed by atoms with Gasteiger partial charge in [-0.3, -0.25) is 9.69 Å². The van der Waals surface area contributed by atoms with Gasteiger partial charge in [-0.25, -0.2) is 4.98 Å². The van der Waals surface area contributed by atoms with E-state index in [0.29, 0.717) is 0 Å². The fraction of sp³-hybridized carbons (Fsp3) is 0.500. The third kappa shape index (κ3) is 4.00. The first-order chi connectivity index (χ1) is 13.1. The first-order valence-corrected chi connectivity index (χ1v) is 10.4. The third-order valence-corrected chi connectivity index (χ3v) is 6.67. The van der Waals surface area contributed by atoms with Crippen LogP contribution in [0, 0.1) is 6.92 Å². The molecule has 1 amide bonds. The lowest BCUT2D eigenvalue weighted by atomic mass is 10.0. The van der Waals surface area contributed by atoms with E-state index in [9.17, 15) is 9.90 Å². The van der Waals surface area contributed by atoms with Crippen LogP contribution in [0.15, 0.2) is 18.2 Å². The number of benzene rings is 1. The molecule has 0 spiro atoms. The van der Waals surface area contributed by atoms with Gasteiger partial charge in [0.15, 0.2) is 5.13 Å². The van der Waals surface area contributed by atoms with Crippen molar-refractivity contribution in [1.29, 1.82) is 0 Å². The molecule has 1 fully saturated rings. The van der Waals surface area contributed by atoms with Crippen molar-refractivity contribution in [3.05, 3.63) is 39.9 Å². The molecule has 27 heavy (non-hydrogen) atoms. The van der Waals surface area contributed by atoms with E-state index in [0.717, 1.165) is 79.8 Å². The Morgan fingerprint density at radius 1 is 1.33 bits per heavy atom. The molecule has 4 rings (SSSR count). The topological polar surface area (TPSA) is 68.7 Å². The lowest BCUT2D eigenvalue weighted by Gasteiger charge is -2.32. The van der Waals surface area contributed by atoms with E-state index >= 15 is 0 Å². The van der Waals surface area contributed by atoms with E-state index in [2.05, 4.69) is 35.3 Å². The highest BCUT2D eigenvalue weighted by Gasteiger charge is 2.23. The molecule has 1 unspecified atom stereocenters. The van der Waals surface area contributed by atoms with E-state index in [1.165, 1.54) is 11.1 Å². The molecular formula is C20H26N4O2S. The molecule has 2 heterocycles. The predicted octanol–water partition coefficient (Wildman–Crippen LogP) is 2.84. The Bertz CT molecular complexity index is 814. The smallest absolute Gasteiger partial charge is 0.209 e. The van der Waals surface area contributed by atoms with E-state index in [4.69, 9.17) is 4.98 Å². The number of nitrogens with zero attached hydrogens (tertiary/aromatic N) is 3. The Labute approximate surface area is 163 Å². The minimum Gasteiger partial charge on any atom is -0.388 e. The molecule has 0 radical (unpaired) electrons. The molecule has 144 valence electrons. The number of carbonyl (C=O) groups is 1. The molecule has 2 aliphatic rings. The van der Waals surface area contributed by atoms with Crippen LogP contribution >= 0.6 is 11.3 Å². The molecule has 1 atom stereocenters. The van der Waals surface area contributed by atoms with Gasteiger partial charge in [0.05, 0.1) is 16.7 Å². The summed E-state index contributed by atoms with van der Waals surface area (Å²) in [6.07, 6.45) is 3.37. The number of amides is 1. The predicted molar refractivity (Wildman–Crippen MR) is 107 cm³/mol. The Morgan fingerprint density at radius 3 is 2.89 bits per heavy atom.